The second kappa shape index (κ2) is 9.76. The van der Waals surface area contributed by atoms with E-state index in [2.05, 4.69) is 10.3 Å². The minimum absolute atomic E-state index is 0.388. The average molecular weight is 362 g/mol. The van der Waals surface area contributed by atoms with E-state index in [1.165, 1.54) is 11.8 Å². The first-order valence-corrected chi connectivity index (χ1v) is 9.13. The summed E-state index contributed by atoms with van der Waals surface area (Å²) in [6.07, 6.45) is 2.16. The molecule has 0 saturated carbocycles. The smallest absolute Gasteiger partial charge is 0.408 e. The number of nitrogens with two attached hydrogens (primary N) is 1. The summed E-state index contributed by atoms with van der Waals surface area (Å²) in [5.41, 5.74) is 4.34. The zero-order valence-corrected chi connectivity index (χ0v) is 16.6. The third-order valence-electron chi connectivity index (χ3n) is 2.51. The molecule has 7 nitrogen and oxygen atoms in total. The standard InChI is InChI=1S/C16H31N3O4S/c1-15(2,3)22-12(20)11(9-8-10-18-13(17)24-7)19-14(21)23-16(4,5)6/h11H,8-10H2,1-7H3,(H2,17,18)(H,19,21)/t11-/m0/s1. The van der Waals surface area contributed by atoms with Crippen molar-refractivity contribution in [2.45, 2.75) is 71.6 Å². The lowest BCUT2D eigenvalue weighted by Gasteiger charge is -2.26. The van der Waals surface area contributed by atoms with Crippen LogP contribution in [0.5, 0.6) is 0 Å². The van der Waals surface area contributed by atoms with Crippen molar-refractivity contribution in [2.75, 3.05) is 12.8 Å². The fourth-order valence-corrected chi connectivity index (χ4v) is 1.84. The Hall–Kier alpha value is -1.44. The Morgan fingerprint density at radius 2 is 1.67 bits per heavy atom. The highest BCUT2D eigenvalue weighted by Crippen LogP contribution is 2.12. The van der Waals surface area contributed by atoms with Crippen LogP contribution >= 0.6 is 11.8 Å². The van der Waals surface area contributed by atoms with Crippen molar-refractivity contribution in [1.82, 2.24) is 5.32 Å². The van der Waals surface area contributed by atoms with E-state index >= 15 is 0 Å². The zero-order chi connectivity index (χ0) is 19.0. The molecule has 0 aliphatic carbocycles. The number of rotatable bonds is 6. The van der Waals surface area contributed by atoms with Gasteiger partial charge in [-0.1, -0.05) is 11.8 Å². The van der Waals surface area contributed by atoms with Crippen LogP contribution in [0, 0.1) is 0 Å². The van der Waals surface area contributed by atoms with Gasteiger partial charge in [0.25, 0.3) is 0 Å². The number of amides is 1. The van der Waals surface area contributed by atoms with Gasteiger partial charge in [-0.25, -0.2) is 9.59 Å². The number of hydrogen-bond donors (Lipinski definition) is 2. The molecule has 0 fully saturated rings. The predicted octanol–water partition coefficient (Wildman–Crippen LogP) is 2.68. The third kappa shape index (κ3) is 12.0. The van der Waals surface area contributed by atoms with Crippen molar-refractivity contribution in [3.05, 3.63) is 0 Å². The van der Waals surface area contributed by atoms with Crippen molar-refractivity contribution in [3.63, 3.8) is 0 Å². The molecule has 0 aromatic rings. The quantitative estimate of drug-likeness (QED) is 0.326. The molecule has 1 amide bonds. The van der Waals surface area contributed by atoms with Crippen LogP contribution in [0.15, 0.2) is 4.99 Å². The van der Waals surface area contributed by atoms with Crippen molar-refractivity contribution in [3.8, 4) is 0 Å². The van der Waals surface area contributed by atoms with Crippen molar-refractivity contribution in [2.24, 2.45) is 10.7 Å². The Morgan fingerprint density at radius 1 is 1.12 bits per heavy atom. The van der Waals surface area contributed by atoms with E-state index in [0.29, 0.717) is 24.6 Å². The van der Waals surface area contributed by atoms with E-state index in [1.807, 2.05) is 6.26 Å². The Morgan fingerprint density at radius 3 is 2.12 bits per heavy atom. The van der Waals surface area contributed by atoms with Gasteiger partial charge in [-0.2, -0.15) is 0 Å². The number of nitrogens with one attached hydrogen (secondary N) is 1. The average Bonchev–Trinajstić information content (AvgIpc) is 2.37. The van der Waals surface area contributed by atoms with Gasteiger partial charge in [0.05, 0.1) is 0 Å². The maximum absolute atomic E-state index is 12.3. The molecule has 0 spiro atoms. The molecule has 140 valence electrons. The Bertz CT molecular complexity index is 453. The van der Waals surface area contributed by atoms with Gasteiger partial charge in [-0.15, -0.1) is 0 Å². The molecule has 0 heterocycles. The lowest BCUT2D eigenvalue weighted by Crippen LogP contribution is -2.46. The van der Waals surface area contributed by atoms with Crippen LogP contribution in [0.1, 0.15) is 54.4 Å². The number of aliphatic imine (C=N–C) groups is 1. The van der Waals surface area contributed by atoms with Crippen LogP contribution in [-0.4, -0.2) is 47.3 Å². The number of esters is 1. The molecule has 1 atom stereocenters. The van der Waals surface area contributed by atoms with Crippen LogP contribution in [0.3, 0.4) is 0 Å². The number of nitrogens with zero attached hydrogens (tertiary/aromatic N) is 1. The Balaban J connectivity index is 4.77. The minimum atomic E-state index is -0.787. The number of carbonyl (C=O) groups excluding carboxylic acids is 2. The highest BCUT2D eigenvalue weighted by atomic mass is 32.2. The Kier molecular flexibility index (Phi) is 9.17. The van der Waals surface area contributed by atoms with E-state index in [9.17, 15) is 9.59 Å². The van der Waals surface area contributed by atoms with E-state index < -0.39 is 29.3 Å². The van der Waals surface area contributed by atoms with Crippen molar-refractivity contribution < 1.29 is 19.1 Å². The molecule has 0 aliphatic rings. The molecule has 0 unspecified atom stereocenters. The minimum Gasteiger partial charge on any atom is -0.458 e. The number of amidine groups is 1. The molecule has 0 aliphatic heterocycles. The van der Waals surface area contributed by atoms with Crippen molar-refractivity contribution in [1.29, 1.82) is 0 Å². The van der Waals surface area contributed by atoms with Gasteiger partial charge in [0.15, 0.2) is 5.17 Å². The zero-order valence-electron chi connectivity index (χ0n) is 15.8. The number of ether oxygens (including phenoxy) is 2. The van der Waals surface area contributed by atoms with Crippen LogP contribution in [0.2, 0.25) is 0 Å². The summed E-state index contributed by atoms with van der Waals surface area (Å²) in [6, 6.07) is -0.787. The summed E-state index contributed by atoms with van der Waals surface area (Å²) in [5, 5.41) is 3.07. The second-order valence-corrected chi connectivity index (χ2v) is 8.13. The molecule has 0 saturated heterocycles. The highest BCUT2D eigenvalue weighted by molar-refractivity contribution is 8.13. The van der Waals surface area contributed by atoms with E-state index in [-0.39, 0.29) is 0 Å². The van der Waals surface area contributed by atoms with Crippen molar-refractivity contribution >= 4 is 29.0 Å². The lowest BCUT2D eigenvalue weighted by atomic mass is 10.1. The number of alkyl carbamates (subject to hydrolysis) is 1. The number of carbonyl (C=O) groups is 2. The molecule has 0 radical (unpaired) electrons. The van der Waals surface area contributed by atoms with Gasteiger partial charge in [-0.3, -0.25) is 4.99 Å². The van der Waals surface area contributed by atoms with Gasteiger partial charge in [0.1, 0.15) is 17.2 Å². The van der Waals surface area contributed by atoms with Crippen LogP contribution in [0.25, 0.3) is 0 Å². The first-order chi connectivity index (χ1) is 10.8. The molecule has 24 heavy (non-hydrogen) atoms. The molecule has 0 rings (SSSR count). The van der Waals surface area contributed by atoms with E-state index in [1.54, 1.807) is 41.5 Å². The van der Waals surface area contributed by atoms with E-state index in [0.717, 1.165) is 0 Å². The summed E-state index contributed by atoms with van der Waals surface area (Å²) in [6.45, 7) is 11.1. The SMILES string of the molecule is CSC(N)=NCCC[C@H](NC(=O)OC(C)(C)C)C(=O)OC(C)(C)C. The summed E-state index contributed by atoms with van der Waals surface area (Å²) < 4.78 is 10.6. The van der Waals surface area contributed by atoms with Gasteiger partial charge in [0.2, 0.25) is 0 Å². The maximum atomic E-state index is 12.3. The normalized spacial score (nSPS) is 14.0. The van der Waals surface area contributed by atoms with Gasteiger partial charge in [-0.05, 0) is 60.6 Å². The fraction of sp³-hybridized carbons (Fsp3) is 0.812. The molecule has 0 aromatic carbocycles. The first-order valence-electron chi connectivity index (χ1n) is 7.90. The monoisotopic (exact) mass is 361 g/mol. The molecular weight excluding hydrogens is 330 g/mol. The largest absolute Gasteiger partial charge is 0.458 e. The molecule has 3 N–H and O–H groups in total. The summed E-state index contributed by atoms with van der Waals surface area (Å²) in [7, 11) is 0. The predicted molar refractivity (Wildman–Crippen MR) is 98.2 cm³/mol. The molecule has 0 aromatic heterocycles. The van der Waals surface area contributed by atoms with Crippen LogP contribution < -0.4 is 11.1 Å². The highest BCUT2D eigenvalue weighted by Gasteiger charge is 2.28. The van der Waals surface area contributed by atoms with Gasteiger partial charge >= 0.3 is 12.1 Å². The number of thioether (sulfide) groups is 1. The summed E-state index contributed by atoms with van der Waals surface area (Å²) in [5.74, 6) is -0.491. The topological polar surface area (TPSA) is 103 Å². The summed E-state index contributed by atoms with van der Waals surface area (Å²) in [4.78, 5) is 28.4. The number of hydrogen-bond acceptors (Lipinski definition) is 6. The second-order valence-electron chi connectivity index (χ2n) is 7.30. The maximum Gasteiger partial charge on any atom is 0.408 e. The van der Waals surface area contributed by atoms with Crippen LogP contribution in [-0.2, 0) is 14.3 Å². The molecular formula is C16H31N3O4S. The van der Waals surface area contributed by atoms with Crippen LogP contribution in [0.4, 0.5) is 4.79 Å². The van der Waals surface area contributed by atoms with E-state index in [4.69, 9.17) is 15.2 Å². The van der Waals surface area contributed by atoms with Gasteiger partial charge in [0, 0.05) is 6.54 Å². The summed E-state index contributed by atoms with van der Waals surface area (Å²) >= 11 is 1.36. The lowest BCUT2D eigenvalue weighted by molar-refractivity contribution is -0.157. The third-order valence-corrected chi connectivity index (χ3v) is 3.06. The molecule has 8 heteroatoms. The first kappa shape index (κ1) is 22.6. The fourth-order valence-electron chi connectivity index (χ4n) is 1.62. The molecule has 0 bridgehead atoms. The Labute approximate surface area is 149 Å². The van der Waals surface area contributed by atoms with Gasteiger partial charge < -0.3 is 20.5 Å².